The first-order chi connectivity index (χ1) is 8.63. The monoisotopic (exact) mass is 249 g/mol. The first-order valence-corrected chi connectivity index (χ1v) is 6.67. The minimum Gasteiger partial charge on any atom is -0.368 e. The molecule has 0 saturated carbocycles. The number of nitrogens with zero attached hydrogens (tertiary/aromatic N) is 3. The Morgan fingerprint density at radius 1 is 1.22 bits per heavy atom. The maximum absolute atomic E-state index is 4.28. The van der Waals surface area contributed by atoms with Crippen LogP contribution in [0.4, 0.5) is 11.6 Å². The van der Waals surface area contributed by atoms with Crippen molar-refractivity contribution in [1.82, 2.24) is 14.9 Å². The van der Waals surface area contributed by atoms with Gasteiger partial charge in [0, 0.05) is 18.2 Å². The first kappa shape index (κ1) is 13.1. The highest BCUT2D eigenvalue weighted by Crippen LogP contribution is 2.16. The molecule has 0 atom stereocenters. The number of nitrogens with one attached hydrogen (secondary N) is 2. The summed E-state index contributed by atoms with van der Waals surface area (Å²) in [7, 11) is 2.17. The SMILES string of the molecule is CC(C)Nc1cc(NC2CCN(C)CC2)ncn1. The fraction of sp³-hybridized carbons (Fsp3) is 0.692. The molecule has 5 nitrogen and oxygen atoms in total. The largest absolute Gasteiger partial charge is 0.368 e. The zero-order valence-corrected chi connectivity index (χ0v) is 11.5. The highest BCUT2D eigenvalue weighted by molar-refractivity contribution is 5.47. The summed E-state index contributed by atoms with van der Waals surface area (Å²) in [5, 5.41) is 6.79. The highest BCUT2D eigenvalue weighted by atomic mass is 15.1. The van der Waals surface area contributed by atoms with Gasteiger partial charge in [0.2, 0.25) is 0 Å². The molecule has 100 valence electrons. The predicted octanol–water partition coefficient (Wildman–Crippen LogP) is 1.80. The van der Waals surface area contributed by atoms with E-state index in [-0.39, 0.29) is 0 Å². The predicted molar refractivity (Wildman–Crippen MR) is 74.9 cm³/mol. The molecule has 0 amide bonds. The van der Waals surface area contributed by atoms with Gasteiger partial charge in [-0.25, -0.2) is 9.97 Å². The van der Waals surface area contributed by atoms with Crippen LogP contribution in [-0.2, 0) is 0 Å². The van der Waals surface area contributed by atoms with Crippen LogP contribution >= 0.6 is 0 Å². The lowest BCUT2D eigenvalue weighted by Gasteiger charge is -2.29. The van der Waals surface area contributed by atoms with Crippen LogP contribution < -0.4 is 10.6 Å². The van der Waals surface area contributed by atoms with Crippen LogP contribution in [0.2, 0.25) is 0 Å². The Kier molecular flexibility index (Phi) is 4.36. The summed E-state index contributed by atoms with van der Waals surface area (Å²) in [5.41, 5.74) is 0. The van der Waals surface area contributed by atoms with Crippen molar-refractivity contribution in [2.75, 3.05) is 30.8 Å². The van der Waals surface area contributed by atoms with E-state index in [9.17, 15) is 0 Å². The number of piperidine rings is 1. The molecule has 0 unspecified atom stereocenters. The smallest absolute Gasteiger partial charge is 0.131 e. The van der Waals surface area contributed by atoms with Gasteiger partial charge in [-0.2, -0.15) is 0 Å². The third-order valence-corrected chi connectivity index (χ3v) is 3.17. The van der Waals surface area contributed by atoms with Gasteiger partial charge in [0.25, 0.3) is 0 Å². The number of likely N-dealkylation sites (tertiary alicyclic amines) is 1. The molecule has 1 aliphatic heterocycles. The second kappa shape index (κ2) is 6.00. The quantitative estimate of drug-likeness (QED) is 0.852. The van der Waals surface area contributed by atoms with Gasteiger partial charge in [-0.3, -0.25) is 0 Å². The normalized spacial score (nSPS) is 18.0. The van der Waals surface area contributed by atoms with Crippen molar-refractivity contribution < 1.29 is 0 Å². The molecule has 0 bridgehead atoms. The summed E-state index contributed by atoms with van der Waals surface area (Å²) >= 11 is 0. The van der Waals surface area contributed by atoms with Crippen molar-refractivity contribution in [3.05, 3.63) is 12.4 Å². The van der Waals surface area contributed by atoms with Crippen LogP contribution in [0.25, 0.3) is 0 Å². The van der Waals surface area contributed by atoms with E-state index in [1.54, 1.807) is 6.33 Å². The van der Waals surface area contributed by atoms with E-state index < -0.39 is 0 Å². The Labute approximate surface area is 109 Å². The second-order valence-electron chi connectivity index (χ2n) is 5.31. The molecule has 1 saturated heterocycles. The zero-order chi connectivity index (χ0) is 13.0. The van der Waals surface area contributed by atoms with Gasteiger partial charge in [-0.15, -0.1) is 0 Å². The maximum Gasteiger partial charge on any atom is 0.131 e. The molecule has 5 heteroatoms. The molecular weight excluding hydrogens is 226 g/mol. The highest BCUT2D eigenvalue weighted by Gasteiger charge is 2.16. The number of rotatable bonds is 4. The van der Waals surface area contributed by atoms with Crippen molar-refractivity contribution in [2.24, 2.45) is 0 Å². The topological polar surface area (TPSA) is 53.1 Å². The molecule has 0 aromatic carbocycles. The molecule has 18 heavy (non-hydrogen) atoms. The average Bonchev–Trinajstić information content (AvgIpc) is 2.32. The molecule has 2 N–H and O–H groups in total. The van der Waals surface area contributed by atoms with Crippen LogP contribution in [-0.4, -0.2) is 47.1 Å². The molecule has 1 aromatic heterocycles. The van der Waals surface area contributed by atoms with Gasteiger partial charge >= 0.3 is 0 Å². The van der Waals surface area contributed by atoms with Gasteiger partial charge in [-0.05, 0) is 46.8 Å². The van der Waals surface area contributed by atoms with Crippen LogP contribution in [0.5, 0.6) is 0 Å². The molecule has 0 radical (unpaired) electrons. The maximum atomic E-state index is 4.28. The molecule has 2 heterocycles. The van der Waals surface area contributed by atoms with E-state index in [1.165, 1.54) is 12.8 Å². The third-order valence-electron chi connectivity index (χ3n) is 3.17. The summed E-state index contributed by atoms with van der Waals surface area (Å²) in [6.07, 6.45) is 3.96. The van der Waals surface area contributed by atoms with Crippen LogP contribution in [0.3, 0.4) is 0 Å². The number of aromatic nitrogens is 2. The molecule has 0 spiro atoms. The number of hydrogen-bond donors (Lipinski definition) is 2. The van der Waals surface area contributed by atoms with Crippen molar-refractivity contribution in [3.8, 4) is 0 Å². The van der Waals surface area contributed by atoms with Crippen LogP contribution in [0.15, 0.2) is 12.4 Å². The van der Waals surface area contributed by atoms with E-state index in [1.807, 2.05) is 6.07 Å². The Morgan fingerprint density at radius 3 is 2.56 bits per heavy atom. The lowest BCUT2D eigenvalue weighted by atomic mass is 10.1. The van der Waals surface area contributed by atoms with E-state index in [0.29, 0.717) is 12.1 Å². The van der Waals surface area contributed by atoms with Crippen LogP contribution in [0.1, 0.15) is 26.7 Å². The number of anilines is 2. The van der Waals surface area contributed by atoms with Gasteiger partial charge < -0.3 is 15.5 Å². The average molecular weight is 249 g/mol. The van der Waals surface area contributed by atoms with E-state index >= 15 is 0 Å². The fourth-order valence-electron chi connectivity index (χ4n) is 2.17. The summed E-state index contributed by atoms with van der Waals surface area (Å²) < 4.78 is 0. The van der Waals surface area contributed by atoms with Gasteiger partial charge in [0.15, 0.2) is 0 Å². The molecule has 2 rings (SSSR count). The number of hydrogen-bond acceptors (Lipinski definition) is 5. The molecule has 1 fully saturated rings. The van der Waals surface area contributed by atoms with Gasteiger partial charge in [0.05, 0.1) is 0 Å². The summed E-state index contributed by atoms with van der Waals surface area (Å²) in [4.78, 5) is 10.9. The molecule has 0 aliphatic carbocycles. The Bertz CT molecular complexity index is 371. The van der Waals surface area contributed by atoms with Gasteiger partial charge in [-0.1, -0.05) is 0 Å². The first-order valence-electron chi connectivity index (χ1n) is 6.67. The lowest BCUT2D eigenvalue weighted by Crippen LogP contribution is -2.36. The van der Waals surface area contributed by atoms with Crippen molar-refractivity contribution in [1.29, 1.82) is 0 Å². The summed E-state index contributed by atoms with van der Waals surface area (Å²) in [5.74, 6) is 1.80. The van der Waals surface area contributed by atoms with E-state index in [2.05, 4.69) is 46.4 Å². The Balaban J connectivity index is 1.92. The van der Waals surface area contributed by atoms with E-state index in [0.717, 1.165) is 24.7 Å². The molecular formula is C13H23N5. The lowest BCUT2D eigenvalue weighted by molar-refractivity contribution is 0.263. The molecule has 1 aliphatic rings. The van der Waals surface area contributed by atoms with Crippen molar-refractivity contribution >= 4 is 11.6 Å². The minimum absolute atomic E-state index is 0.385. The Morgan fingerprint density at radius 2 is 1.89 bits per heavy atom. The second-order valence-corrected chi connectivity index (χ2v) is 5.31. The summed E-state index contributed by atoms with van der Waals surface area (Å²) in [6, 6.07) is 2.90. The zero-order valence-electron chi connectivity index (χ0n) is 11.5. The standard InChI is InChI=1S/C13H23N5/c1-10(2)16-12-8-13(15-9-14-12)17-11-4-6-18(3)7-5-11/h8-11H,4-7H2,1-3H3,(H2,14,15,16,17). The van der Waals surface area contributed by atoms with Crippen LogP contribution in [0, 0.1) is 0 Å². The van der Waals surface area contributed by atoms with Crippen molar-refractivity contribution in [3.63, 3.8) is 0 Å². The third kappa shape index (κ3) is 3.84. The summed E-state index contributed by atoms with van der Waals surface area (Å²) in [6.45, 7) is 6.51. The Hall–Kier alpha value is -1.36. The van der Waals surface area contributed by atoms with E-state index in [4.69, 9.17) is 0 Å². The minimum atomic E-state index is 0.385. The van der Waals surface area contributed by atoms with Gasteiger partial charge in [0.1, 0.15) is 18.0 Å². The van der Waals surface area contributed by atoms with Crippen molar-refractivity contribution in [2.45, 2.75) is 38.8 Å². The fourth-order valence-corrected chi connectivity index (χ4v) is 2.17. The molecule has 1 aromatic rings.